The molecule has 0 fully saturated rings. The number of rotatable bonds is 7. The van der Waals surface area contributed by atoms with Crippen LogP contribution in [0, 0.1) is 0 Å². The van der Waals surface area contributed by atoms with Crippen LogP contribution in [0.4, 0.5) is 26.3 Å². The largest absolute Gasteiger partial charge is 0.423 e. The normalized spacial score (nSPS) is 15.2. The molecule has 0 aliphatic rings. The second-order valence-corrected chi connectivity index (χ2v) is 3.56. The van der Waals surface area contributed by atoms with E-state index in [2.05, 4.69) is 10.1 Å². The summed E-state index contributed by atoms with van der Waals surface area (Å²) in [5, 5.41) is 11.5. The Morgan fingerprint density at radius 2 is 1.61 bits per heavy atom. The number of nitrogens with one attached hydrogen (secondary N) is 1. The maximum Gasteiger partial charge on any atom is 0.423 e. The van der Waals surface area contributed by atoms with E-state index in [-0.39, 0.29) is 13.0 Å². The summed E-state index contributed by atoms with van der Waals surface area (Å²) < 4.78 is 76.2. The molecule has 9 heteroatoms. The highest BCUT2D eigenvalue weighted by molar-refractivity contribution is 4.76. The van der Waals surface area contributed by atoms with Gasteiger partial charge in [0.15, 0.2) is 0 Å². The predicted octanol–water partition coefficient (Wildman–Crippen LogP) is 1.86. The number of alkyl halides is 6. The SMILES string of the molecule is CCNC(CO)CCOC(C(F)(F)F)C(F)(F)F. The van der Waals surface area contributed by atoms with Crippen molar-refractivity contribution < 1.29 is 36.2 Å². The zero-order chi connectivity index (χ0) is 14.4. The van der Waals surface area contributed by atoms with Crippen LogP contribution in [0.1, 0.15) is 13.3 Å². The lowest BCUT2D eigenvalue weighted by Crippen LogP contribution is -2.45. The number of hydrogen-bond acceptors (Lipinski definition) is 3. The molecule has 2 N–H and O–H groups in total. The highest BCUT2D eigenvalue weighted by Crippen LogP contribution is 2.35. The number of likely N-dealkylation sites (N-methyl/N-ethyl adjacent to an activating group) is 1. The Morgan fingerprint density at radius 1 is 1.11 bits per heavy atom. The molecule has 0 aromatic rings. The molecule has 0 aliphatic heterocycles. The minimum absolute atomic E-state index is 0.146. The Bertz CT molecular complexity index is 216. The van der Waals surface area contributed by atoms with Crippen LogP contribution in [-0.4, -0.2) is 49.4 Å². The molecule has 0 saturated heterocycles. The van der Waals surface area contributed by atoms with Crippen molar-refractivity contribution in [3.63, 3.8) is 0 Å². The molecule has 1 atom stereocenters. The van der Waals surface area contributed by atoms with E-state index in [0.29, 0.717) is 6.54 Å². The lowest BCUT2D eigenvalue weighted by Gasteiger charge is -2.24. The highest BCUT2D eigenvalue weighted by atomic mass is 19.4. The first-order chi connectivity index (χ1) is 8.12. The maximum atomic E-state index is 12.1. The van der Waals surface area contributed by atoms with E-state index in [1.54, 1.807) is 6.92 Å². The molecule has 0 aromatic heterocycles. The van der Waals surface area contributed by atoms with Gasteiger partial charge in [0.2, 0.25) is 6.10 Å². The van der Waals surface area contributed by atoms with Gasteiger partial charge in [-0.05, 0) is 13.0 Å². The number of aliphatic hydroxyl groups excluding tert-OH is 1. The van der Waals surface area contributed by atoms with Gasteiger partial charge >= 0.3 is 12.4 Å². The van der Waals surface area contributed by atoms with E-state index in [0.717, 1.165) is 0 Å². The molecule has 0 bridgehead atoms. The van der Waals surface area contributed by atoms with Crippen molar-refractivity contribution in [3.05, 3.63) is 0 Å². The van der Waals surface area contributed by atoms with Gasteiger partial charge < -0.3 is 15.2 Å². The summed E-state index contributed by atoms with van der Waals surface area (Å²) in [6.45, 7) is 0.993. The van der Waals surface area contributed by atoms with E-state index in [4.69, 9.17) is 5.11 Å². The average Bonchev–Trinajstić information content (AvgIpc) is 2.18. The van der Waals surface area contributed by atoms with Crippen LogP contribution in [0.15, 0.2) is 0 Å². The van der Waals surface area contributed by atoms with Crippen LogP contribution in [-0.2, 0) is 4.74 Å². The molecule has 1 unspecified atom stereocenters. The topological polar surface area (TPSA) is 41.5 Å². The van der Waals surface area contributed by atoms with Crippen LogP contribution in [0.5, 0.6) is 0 Å². The molecular formula is C9H15F6NO2. The van der Waals surface area contributed by atoms with Crippen molar-refractivity contribution in [1.82, 2.24) is 5.32 Å². The lowest BCUT2D eigenvalue weighted by atomic mass is 10.2. The quantitative estimate of drug-likeness (QED) is 0.701. The molecule has 18 heavy (non-hydrogen) atoms. The van der Waals surface area contributed by atoms with Crippen molar-refractivity contribution in [1.29, 1.82) is 0 Å². The summed E-state index contributed by atoms with van der Waals surface area (Å²) in [4.78, 5) is 0. The molecule has 0 heterocycles. The Labute approximate surface area is 100 Å². The van der Waals surface area contributed by atoms with Crippen molar-refractivity contribution in [2.45, 2.75) is 37.8 Å². The smallest absolute Gasteiger partial charge is 0.395 e. The minimum Gasteiger partial charge on any atom is -0.395 e. The van der Waals surface area contributed by atoms with Gasteiger partial charge in [-0.25, -0.2) is 0 Å². The van der Waals surface area contributed by atoms with Crippen molar-refractivity contribution in [3.8, 4) is 0 Å². The number of aliphatic hydroxyl groups is 1. The van der Waals surface area contributed by atoms with Gasteiger partial charge in [0.05, 0.1) is 6.61 Å². The van der Waals surface area contributed by atoms with Crippen molar-refractivity contribution in [2.24, 2.45) is 0 Å². The van der Waals surface area contributed by atoms with Crippen molar-refractivity contribution in [2.75, 3.05) is 19.8 Å². The van der Waals surface area contributed by atoms with Crippen LogP contribution in [0.2, 0.25) is 0 Å². The van der Waals surface area contributed by atoms with Crippen molar-refractivity contribution >= 4 is 0 Å². The third-order valence-corrected chi connectivity index (χ3v) is 2.06. The van der Waals surface area contributed by atoms with Gasteiger partial charge in [-0.2, -0.15) is 26.3 Å². The first kappa shape index (κ1) is 17.5. The summed E-state index contributed by atoms with van der Waals surface area (Å²) in [6, 6.07) is -0.586. The number of hydrogen-bond donors (Lipinski definition) is 2. The molecular weight excluding hydrogens is 268 g/mol. The van der Waals surface area contributed by atoms with E-state index in [1.807, 2.05) is 0 Å². The fourth-order valence-electron chi connectivity index (χ4n) is 1.25. The Hall–Kier alpha value is -0.540. The first-order valence-corrected chi connectivity index (χ1v) is 5.22. The Morgan fingerprint density at radius 3 is 1.94 bits per heavy atom. The van der Waals surface area contributed by atoms with E-state index < -0.39 is 31.1 Å². The highest BCUT2D eigenvalue weighted by Gasteiger charge is 2.57. The predicted molar refractivity (Wildman–Crippen MR) is 51.0 cm³/mol. The molecule has 0 spiro atoms. The van der Waals surface area contributed by atoms with E-state index in [1.165, 1.54) is 0 Å². The summed E-state index contributed by atoms with van der Waals surface area (Å²) in [6.07, 6.45) is -14.9. The van der Waals surface area contributed by atoms with Crippen LogP contribution in [0.25, 0.3) is 0 Å². The first-order valence-electron chi connectivity index (χ1n) is 5.22. The molecule has 0 aliphatic carbocycles. The fourth-order valence-corrected chi connectivity index (χ4v) is 1.25. The van der Waals surface area contributed by atoms with Crippen LogP contribution >= 0.6 is 0 Å². The second kappa shape index (κ2) is 7.15. The number of ether oxygens (including phenoxy) is 1. The average molecular weight is 283 g/mol. The zero-order valence-corrected chi connectivity index (χ0v) is 9.61. The van der Waals surface area contributed by atoms with E-state index in [9.17, 15) is 26.3 Å². The van der Waals surface area contributed by atoms with Gasteiger partial charge in [-0.15, -0.1) is 0 Å². The Kier molecular flexibility index (Phi) is 6.93. The summed E-state index contributed by atoms with van der Waals surface area (Å²) >= 11 is 0. The maximum absolute atomic E-state index is 12.1. The minimum atomic E-state index is -5.49. The lowest BCUT2D eigenvalue weighted by molar-refractivity contribution is -0.322. The summed E-state index contributed by atoms with van der Waals surface area (Å²) in [5.41, 5.74) is 0. The molecule has 110 valence electrons. The van der Waals surface area contributed by atoms with Gasteiger partial charge in [0, 0.05) is 12.6 Å². The molecule has 0 saturated carbocycles. The molecule has 0 radical (unpaired) electrons. The summed E-state index contributed by atoms with van der Waals surface area (Å²) in [7, 11) is 0. The number of halogens is 6. The van der Waals surface area contributed by atoms with E-state index >= 15 is 0 Å². The molecule has 0 aromatic carbocycles. The summed E-state index contributed by atoms with van der Waals surface area (Å²) in [5.74, 6) is 0. The Balaban J connectivity index is 4.29. The van der Waals surface area contributed by atoms with Crippen LogP contribution < -0.4 is 5.32 Å². The molecule has 0 amide bonds. The van der Waals surface area contributed by atoms with Gasteiger partial charge in [-0.3, -0.25) is 0 Å². The monoisotopic (exact) mass is 283 g/mol. The van der Waals surface area contributed by atoms with Crippen LogP contribution in [0.3, 0.4) is 0 Å². The third-order valence-electron chi connectivity index (χ3n) is 2.06. The van der Waals surface area contributed by atoms with Gasteiger partial charge in [0.1, 0.15) is 0 Å². The second-order valence-electron chi connectivity index (χ2n) is 3.56. The van der Waals surface area contributed by atoms with Gasteiger partial charge in [0.25, 0.3) is 0 Å². The third kappa shape index (κ3) is 6.41. The molecule has 0 rings (SSSR count). The standard InChI is InChI=1S/C9H15F6NO2/c1-2-16-6(5-17)3-4-18-7(8(10,11)12)9(13,14)15/h6-7,16-17H,2-5H2,1H3. The zero-order valence-electron chi connectivity index (χ0n) is 9.61. The van der Waals surface area contributed by atoms with Gasteiger partial charge in [-0.1, -0.05) is 6.92 Å². The fraction of sp³-hybridized carbons (Fsp3) is 1.00. The molecule has 3 nitrogen and oxygen atoms in total.